The van der Waals surface area contributed by atoms with Crippen molar-refractivity contribution in [3.05, 3.63) is 59.2 Å². The summed E-state index contributed by atoms with van der Waals surface area (Å²) in [4.78, 5) is 28.1. The zero-order chi connectivity index (χ0) is 16.7. The Kier molecular flexibility index (Phi) is 5.84. The molecular formula is C17H14ClN3O2. The van der Waals surface area contributed by atoms with E-state index in [0.717, 1.165) is 5.56 Å². The van der Waals surface area contributed by atoms with E-state index in [1.54, 1.807) is 42.5 Å². The first kappa shape index (κ1) is 16.7. The van der Waals surface area contributed by atoms with Gasteiger partial charge in [-0.25, -0.2) is 4.98 Å². The molecule has 0 saturated carbocycles. The molecule has 1 N–H and O–H groups in total. The number of nitriles is 1. The number of benzene rings is 1. The SMILES string of the molecule is N#C[C@H](C(=O)CCc1cccc(Cl)c1)C(=O)Nc1ccccn1. The van der Waals surface area contributed by atoms with E-state index in [-0.39, 0.29) is 6.42 Å². The number of halogens is 1. The Labute approximate surface area is 138 Å². The first-order chi connectivity index (χ1) is 11.1. The molecule has 2 rings (SSSR count). The van der Waals surface area contributed by atoms with Crippen molar-refractivity contribution in [1.29, 1.82) is 5.26 Å². The summed E-state index contributed by atoms with van der Waals surface area (Å²) in [7, 11) is 0. The van der Waals surface area contributed by atoms with Gasteiger partial charge < -0.3 is 5.32 Å². The number of ketones is 1. The van der Waals surface area contributed by atoms with Gasteiger partial charge in [-0.3, -0.25) is 9.59 Å². The number of amides is 1. The predicted octanol–water partition coefficient (Wildman–Crippen LogP) is 3.02. The highest BCUT2D eigenvalue weighted by Crippen LogP contribution is 2.14. The monoisotopic (exact) mass is 327 g/mol. The van der Waals surface area contributed by atoms with E-state index < -0.39 is 17.6 Å². The van der Waals surface area contributed by atoms with E-state index in [9.17, 15) is 9.59 Å². The minimum absolute atomic E-state index is 0.0915. The largest absolute Gasteiger partial charge is 0.309 e. The maximum absolute atomic E-state index is 12.1. The van der Waals surface area contributed by atoms with Gasteiger partial charge in [0.15, 0.2) is 11.7 Å². The van der Waals surface area contributed by atoms with Crippen LogP contribution in [0.15, 0.2) is 48.7 Å². The summed E-state index contributed by atoms with van der Waals surface area (Å²) in [5.41, 5.74) is 0.882. The van der Waals surface area contributed by atoms with E-state index in [2.05, 4.69) is 10.3 Å². The zero-order valence-electron chi connectivity index (χ0n) is 12.2. The summed E-state index contributed by atoms with van der Waals surface area (Å²) in [6.07, 6.45) is 2.03. The number of rotatable bonds is 6. The lowest BCUT2D eigenvalue weighted by atomic mass is 9.98. The van der Waals surface area contributed by atoms with Crippen LogP contribution in [0.25, 0.3) is 0 Å². The second kappa shape index (κ2) is 8.06. The van der Waals surface area contributed by atoms with Crippen LogP contribution in [-0.4, -0.2) is 16.7 Å². The van der Waals surface area contributed by atoms with Gasteiger partial charge in [0, 0.05) is 17.6 Å². The summed E-state index contributed by atoms with van der Waals surface area (Å²) in [6, 6.07) is 13.9. The number of Topliss-reactive ketones (excluding diaryl/α,β-unsaturated/α-hetero) is 1. The third kappa shape index (κ3) is 4.90. The van der Waals surface area contributed by atoms with Gasteiger partial charge >= 0.3 is 0 Å². The molecular weight excluding hydrogens is 314 g/mol. The fourth-order valence-electron chi connectivity index (χ4n) is 2.02. The lowest BCUT2D eigenvalue weighted by Crippen LogP contribution is -2.29. The van der Waals surface area contributed by atoms with E-state index in [0.29, 0.717) is 17.3 Å². The van der Waals surface area contributed by atoms with Crippen LogP contribution in [0.5, 0.6) is 0 Å². The molecule has 1 heterocycles. The van der Waals surface area contributed by atoms with Crippen molar-refractivity contribution < 1.29 is 9.59 Å². The molecule has 0 fully saturated rings. The van der Waals surface area contributed by atoms with Crippen molar-refractivity contribution in [1.82, 2.24) is 4.98 Å². The Morgan fingerprint density at radius 2 is 2.09 bits per heavy atom. The second-order valence-electron chi connectivity index (χ2n) is 4.86. The Morgan fingerprint density at radius 1 is 1.26 bits per heavy atom. The zero-order valence-corrected chi connectivity index (χ0v) is 13.0. The van der Waals surface area contributed by atoms with Crippen LogP contribution in [0, 0.1) is 17.2 Å². The van der Waals surface area contributed by atoms with E-state index >= 15 is 0 Å². The molecule has 6 heteroatoms. The number of nitrogens with zero attached hydrogens (tertiary/aromatic N) is 2. The standard InChI is InChI=1S/C17H14ClN3O2/c18-13-5-3-4-12(10-13)7-8-15(22)14(11-19)17(23)21-16-6-1-2-9-20-16/h1-6,9-10,14H,7-8H2,(H,20,21,23)/t14-/m1/s1. The molecule has 5 nitrogen and oxygen atoms in total. The minimum Gasteiger partial charge on any atom is -0.309 e. The highest BCUT2D eigenvalue weighted by Gasteiger charge is 2.26. The number of aryl methyl sites for hydroxylation is 1. The normalized spacial score (nSPS) is 11.3. The topological polar surface area (TPSA) is 82.8 Å². The van der Waals surface area contributed by atoms with Crippen molar-refractivity contribution in [2.75, 3.05) is 5.32 Å². The van der Waals surface area contributed by atoms with Gasteiger partial charge in [-0.2, -0.15) is 5.26 Å². The van der Waals surface area contributed by atoms with E-state index in [1.165, 1.54) is 6.20 Å². The van der Waals surface area contributed by atoms with Gasteiger partial charge in [-0.05, 0) is 36.2 Å². The Hall–Kier alpha value is -2.71. The predicted molar refractivity (Wildman–Crippen MR) is 86.7 cm³/mol. The first-order valence-electron chi connectivity index (χ1n) is 6.99. The maximum atomic E-state index is 12.1. The van der Waals surface area contributed by atoms with Gasteiger partial charge in [0.1, 0.15) is 5.82 Å². The number of carbonyl (C=O) groups excluding carboxylic acids is 2. The quantitative estimate of drug-likeness (QED) is 0.827. The number of hydrogen-bond donors (Lipinski definition) is 1. The molecule has 116 valence electrons. The fraction of sp³-hybridized carbons (Fsp3) is 0.176. The molecule has 23 heavy (non-hydrogen) atoms. The van der Waals surface area contributed by atoms with Crippen LogP contribution in [0.4, 0.5) is 5.82 Å². The summed E-state index contributed by atoms with van der Waals surface area (Å²) in [6.45, 7) is 0. The van der Waals surface area contributed by atoms with E-state index in [1.807, 2.05) is 6.07 Å². The third-order valence-corrected chi connectivity index (χ3v) is 3.41. The summed E-state index contributed by atoms with van der Waals surface area (Å²) >= 11 is 5.88. The molecule has 1 atom stereocenters. The molecule has 0 bridgehead atoms. The molecule has 0 aliphatic carbocycles. The van der Waals surface area contributed by atoms with Crippen LogP contribution in [0.3, 0.4) is 0 Å². The smallest absolute Gasteiger partial charge is 0.250 e. The van der Waals surface area contributed by atoms with Crippen LogP contribution in [-0.2, 0) is 16.0 Å². The highest BCUT2D eigenvalue weighted by molar-refractivity contribution is 6.30. The summed E-state index contributed by atoms with van der Waals surface area (Å²) in [5, 5.41) is 12.2. The number of carbonyl (C=O) groups is 2. The highest BCUT2D eigenvalue weighted by atomic mass is 35.5. The van der Waals surface area contributed by atoms with Gasteiger partial charge in [0.2, 0.25) is 0 Å². The van der Waals surface area contributed by atoms with Crippen LogP contribution in [0.1, 0.15) is 12.0 Å². The Morgan fingerprint density at radius 3 is 2.74 bits per heavy atom. The van der Waals surface area contributed by atoms with Crippen molar-refractivity contribution in [2.45, 2.75) is 12.8 Å². The fourth-order valence-corrected chi connectivity index (χ4v) is 2.23. The van der Waals surface area contributed by atoms with Crippen LogP contribution < -0.4 is 5.32 Å². The number of hydrogen-bond acceptors (Lipinski definition) is 4. The lowest BCUT2D eigenvalue weighted by Gasteiger charge is -2.09. The number of aromatic nitrogens is 1. The van der Waals surface area contributed by atoms with Crippen LogP contribution in [0.2, 0.25) is 5.02 Å². The van der Waals surface area contributed by atoms with Gasteiger partial charge in [-0.1, -0.05) is 29.8 Å². The molecule has 0 aliphatic heterocycles. The van der Waals surface area contributed by atoms with Crippen molar-refractivity contribution >= 4 is 29.1 Å². The average Bonchev–Trinajstić information content (AvgIpc) is 2.54. The van der Waals surface area contributed by atoms with Crippen molar-refractivity contribution in [3.63, 3.8) is 0 Å². The molecule has 1 aromatic heterocycles. The second-order valence-corrected chi connectivity index (χ2v) is 5.30. The third-order valence-electron chi connectivity index (χ3n) is 3.18. The molecule has 0 spiro atoms. The number of nitrogens with one attached hydrogen (secondary N) is 1. The van der Waals surface area contributed by atoms with Gasteiger partial charge in [-0.15, -0.1) is 0 Å². The molecule has 0 radical (unpaired) electrons. The molecule has 0 aliphatic rings. The molecule has 1 aromatic carbocycles. The van der Waals surface area contributed by atoms with Crippen molar-refractivity contribution in [3.8, 4) is 6.07 Å². The van der Waals surface area contributed by atoms with Gasteiger partial charge in [0.25, 0.3) is 5.91 Å². The Bertz CT molecular complexity index is 741. The Balaban J connectivity index is 1.95. The summed E-state index contributed by atoms with van der Waals surface area (Å²) < 4.78 is 0. The molecule has 0 unspecified atom stereocenters. The molecule has 0 saturated heterocycles. The minimum atomic E-state index is -1.35. The number of pyridine rings is 1. The lowest BCUT2D eigenvalue weighted by molar-refractivity contribution is -0.128. The van der Waals surface area contributed by atoms with Gasteiger partial charge in [0.05, 0.1) is 6.07 Å². The van der Waals surface area contributed by atoms with Crippen molar-refractivity contribution in [2.24, 2.45) is 5.92 Å². The van der Waals surface area contributed by atoms with Crippen LogP contribution >= 0.6 is 11.6 Å². The summed E-state index contributed by atoms with van der Waals surface area (Å²) in [5.74, 6) is -2.14. The average molecular weight is 328 g/mol. The number of anilines is 1. The maximum Gasteiger partial charge on any atom is 0.250 e. The first-order valence-corrected chi connectivity index (χ1v) is 7.36. The molecule has 1 amide bonds. The molecule has 2 aromatic rings. The van der Waals surface area contributed by atoms with E-state index in [4.69, 9.17) is 16.9 Å².